The predicted octanol–water partition coefficient (Wildman–Crippen LogP) is 4.10. The van der Waals surface area contributed by atoms with E-state index in [1.165, 1.54) is 6.07 Å². The topological polar surface area (TPSA) is 89.7 Å². The fraction of sp³-hybridized carbons (Fsp3) is 0.375. The summed E-state index contributed by atoms with van der Waals surface area (Å²) in [6, 6.07) is 6.42. The molecule has 1 saturated carbocycles. The van der Waals surface area contributed by atoms with Crippen molar-refractivity contribution in [1.29, 1.82) is 0 Å². The van der Waals surface area contributed by atoms with Gasteiger partial charge in [0.25, 0.3) is 6.43 Å². The van der Waals surface area contributed by atoms with E-state index in [0.29, 0.717) is 34.6 Å². The van der Waals surface area contributed by atoms with Crippen LogP contribution in [-0.4, -0.2) is 44.1 Å². The third kappa shape index (κ3) is 3.12. The summed E-state index contributed by atoms with van der Waals surface area (Å²) in [5.74, 6) is 0.610. The number of oxime groups is 1. The number of nitrogens with zero attached hydrogens (tertiary/aromatic N) is 5. The zero-order valence-corrected chi connectivity index (χ0v) is 18.6. The summed E-state index contributed by atoms with van der Waals surface area (Å²) in [7, 11) is 1.76. The Labute approximate surface area is 193 Å². The molecule has 1 unspecified atom stereocenters. The van der Waals surface area contributed by atoms with E-state index >= 15 is 0 Å². The highest BCUT2D eigenvalue weighted by Crippen LogP contribution is 2.45. The van der Waals surface area contributed by atoms with Gasteiger partial charge in [0, 0.05) is 29.5 Å². The van der Waals surface area contributed by atoms with Crippen LogP contribution in [0.4, 0.5) is 8.78 Å². The van der Waals surface area contributed by atoms with E-state index in [1.54, 1.807) is 24.1 Å². The Bertz CT molecular complexity index is 1410. The van der Waals surface area contributed by atoms with Gasteiger partial charge < -0.3 is 14.3 Å². The maximum absolute atomic E-state index is 14.1. The van der Waals surface area contributed by atoms with Crippen LogP contribution in [0, 0.1) is 0 Å². The van der Waals surface area contributed by atoms with E-state index in [-0.39, 0.29) is 35.3 Å². The highest BCUT2D eigenvalue weighted by atomic mass is 19.3. The maximum Gasteiger partial charge on any atom is 0.341 e. The molecule has 0 saturated heterocycles. The number of rotatable bonds is 4. The molecular formula is C24H21F2N5O3. The first-order valence-corrected chi connectivity index (χ1v) is 11.2. The minimum atomic E-state index is -2.82. The molecule has 0 bridgehead atoms. The molecule has 1 atom stereocenters. The molecule has 2 aliphatic heterocycles. The van der Waals surface area contributed by atoms with Crippen LogP contribution >= 0.6 is 0 Å². The number of fused-ring (bicyclic) bond motifs is 2. The van der Waals surface area contributed by atoms with Crippen LogP contribution in [0.5, 0.6) is 0 Å². The number of carbonyl (C=O) groups excluding carboxylic acids is 2. The van der Waals surface area contributed by atoms with E-state index < -0.39 is 12.4 Å². The number of halogens is 2. The van der Waals surface area contributed by atoms with E-state index in [4.69, 9.17) is 4.98 Å². The lowest BCUT2D eigenvalue weighted by Gasteiger charge is -2.31. The molecule has 1 aliphatic carbocycles. The molecule has 6 rings (SSSR count). The number of aromatic nitrogens is 3. The molecule has 34 heavy (non-hydrogen) atoms. The molecule has 3 aliphatic rings. The fourth-order valence-corrected chi connectivity index (χ4v) is 4.89. The Morgan fingerprint density at radius 2 is 1.94 bits per heavy atom. The van der Waals surface area contributed by atoms with E-state index in [2.05, 4.69) is 15.0 Å². The number of pyridine rings is 1. The van der Waals surface area contributed by atoms with Crippen molar-refractivity contribution in [2.45, 2.75) is 51.1 Å². The van der Waals surface area contributed by atoms with E-state index in [9.17, 15) is 18.4 Å². The van der Waals surface area contributed by atoms with Crippen LogP contribution < -0.4 is 0 Å². The summed E-state index contributed by atoms with van der Waals surface area (Å²) < 4.78 is 30.2. The molecule has 1 amide bonds. The van der Waals surface area contributed by atoms with Crippen molar-refractivity contribution in [3.63, 3.8) is 0 Å². The molecule has 10 heteroatoms. The van der Waals surface area contributed by atoms with Gasteiger partial charge in [-0.25, -0.2) is 23.5 Å². The summed E-state index contributed by atoms with van der Waals surface area (Å²) in [6.45, 7) is 2.26. The lowest BCUT2D eigenvalue weighted by Crippen LogP contribution is -2.39. The second-order valence-electron chi connectivity index (χ2n) is 9.06. The normalized spacial score (nSPS) is 20.2. The van der Waals surface area contributed by atoms with Gasteiger partial charge in [-0.2, -0.15) is 0 Å². The molecule has 3 aromatic rings. The van der Waals surface area contributed by atoms with Gasteiger partial charge in [-0.05, 0) is 31.9 Å². The molecule has 0 radical (unpaired) electrons. The van der Waals surface area contributed by atoms with Gasteiger partial charge in [0.2, 0.25) is 5.91 Å². The molecule has 0 N–H and O–H groups in total. The molecule has 174 valence electrons. The average Bonchev–Trinajstić information content (AvgIpc) is 3.46. The standard InChI is InChI=1S/C24H21F2N5O3/c1-11-24(33)30(2)10-18-21(28-23(31(11)18)12-6-7-12)13-4-3-5-16-14(13)8-15(22(25)26)20(27-16)17-9-19(32)34-29-17/h3-5,8,11-12,22H,6-7,9-10H2,1-2H3. The second-order valence-corrected chi connectivity index (χ2v) is 9.06. The smallest absolute Gasteiger partial charge is 0.338 e. The Balaban J connectivity index is 1.57. The maximum atomic E-state index is 14.1. The molecule has 8 nitrogen and oxygen atoms in total. The zero-order chi connectivity index (χ0) is 23.7. The Kier molecular flexibility index (Phi) is 4.55. The third-order valence-electron chi connectivity index (χ3n) is 6.71. The van der Waals surface area contributed by atoms with Crippen LogP contribution in [0.1, 0.15) is 67.3 Å². The largest absolute Gasteiger partial charge is 0.341 e. The SMILES string of the molecule is CC1C(=O)N(C)Cc2c(-c3cccc4nc(C5=NOC(=O)C5)c(C(F)F)cc34)nc(C3CC3)n21. The minimum absolute atomic E-state index is 0.0247. The van der Waals surface area contributed by atoms with Crippen molar-refractivity contribution >= 4 is 28.5 Å². The molecule has 0 spiro atoms. The van der Waals surface area contributed by atoms with E-state index in [0.717, 1.165) is 24.4 Å². The Hall–Kier alpha value is -3.69. The summed E-state index contributed by atoms with van der Waals surface area (Å²) >= 11 is 0. The minimum Gasteiger partial charge on any atom is -0.338 e. The third-order valence-corrected chi connectivity index (χ3v) is 6.71. The number of benzene rings is 1. The first-order chi connectivity index (χ1) is 16.3. The number of alkyl halides is 2. The van der Waals surface area contributed by atoms with Crippen LogP contribution in [0.25, 0.3) is 22.2 Å². The number of hydrogen-bond donors (Lipinski definition) is 0. The Morgan fingerprint density at radius 3 is 2.62 bits per heavy atom. The van der Waals surface area contributed by atoms with Gasteiger partial charge >= 0.3 is 5.97 Å². The van der Waals surface area contributed by atoms with Gasteiger partial charge in [0.05, 0.1) is 35.6 Å². The molecule has 1 aromatic carbocycles. The number of likely N-dealkylation sites (N-methyl/N-ethyl adjacent to an activating group) is 1. The number of amides is 1. The quantitative estimate of drug-likeness (QED) is 0.542. The summed E-state index contributed by atoms with van der Waals surface area (Å²) in [5, 5.41) is 4.18. The number of carbonyl (C=O) groups is 2. The molecule has 1 fully saturated rings. The lowest BCUT2D eigenvalue weighted by atomic mass is 9.99. The van der Waals surface area contributed by atoms with Crippen LogP contribution in [0.3, 0.4) is 0 Å². The second kappa shape index (κ2) is 7.41. The number of imidazole rings is 1. The molecule has 4 heterocycles. The predicted molar refractivity (Wildman–Crippen MR) is 118 cm³/mol. The van der Waals surface area contributed by atoms with Crippen LogP contribution in [0.2, 0.25) is 0 Å². The number of hydrogen-bond acceptors (Lipinski definition) is 6. The van der Waals surface area contributed by atoms with Crippen LogP contribution in [-0.2, 0) is 21.0 Å². The van der Waals surface area contributed by atoms with Gasteiger partial charge in [0.1, 0.15) is 17.6 Å². The highest BCUT2D eigenvalue weighted by molar-refractivity contribution is 6.12. The first kappa shape index (κ1) is 20.9. The van der Waals surface area contributed by atoms with E-state index in [1.807, 2.05) is 17.6 Å². The summed E-state index contributed by atoms with van der Waals surface area (Å²) in [6.07, 6.45) is -0.980. The van der Waals surface area contributed by atoms with Gasteiger partial charge in [0.15, 0.2) is 0 Å². The summed E-state index contributed by atoms with van der Waals surface area (Å²) in [4.78, 5) is 39.9. The van der Waals surface area contributed by atoms with Crippen molar-refractivity contribution in [2.75, 3.05) is 7.05 Å². The lowest BCUT2D eigenvalue weighted by molar-refractivity contribution is -0.140. The van der Waals surface area contributed by atoms with Crippen LogP contribution in [0.15, 0.2) is 29.4 Å². The van der Waals surface area contributed by atoms with Crippen molar-refractivity contribution in [3.8, 4) is 11.3 Å². The zero-order valence-electron chi connectivity index (χ0n) is 18.6. The highest BCUT2D eigenvalue weighted by Gasteiger charge is 2.38. The Morgan fingerprint density at radius 1 is 1.15 bits per heavy atom. The van der Waals surface area contributed by atoms with Crippen molar-refractivity contribution in [3.05, 3.63) is 47.0 Å². The fourth-order valence-electron chi connectivity index (χ4n) is 4.89. The molecule has 2 aromatic heterocycles. The summed E-state index contributed by atoms with van der Waals surface area (Å²) in [5.41, 5.74) is 2.50. The van der Waals surface area contributed by atoms with Gasteiger partial charge in [-0.3, -0.25) is 4.79 Å². The van der Waals surface area contributed by atoms with Gasteiger partial charge in [-0.1, -0.05) is 17.3 Å². The first-order valence-electron chi connectivity index (χ1n) is 11.2. The van der Waals surface area contributed by atoms with Crippen molar-refractivity contribution < 1.29 is 23.2 Å². The van der Waals surface area contributed by atoms with Crippen molar-refractivity contribution in [2.24, 2.45) is 5.16 Å². The van der Waals surface area contributed by atoms with Crippen molar-refractivity contribution in [1.82, 2.24) is 19.4 Å². The average molecular weight is 465 g/mol. The monoisotopic (exact) mass is 465 g/mol. The molecular weight excluding hydrogens is 444 g/mol. The van der Waals surface area contributed by atoms with Gasteiger partial charge in [-0.15, -0.1) is 0 Å².